The summed E-state index contributed by atoms with van der Waals surface area (Å²) in [6, 6.07) is 52.6. The van der Waals surface area contributed by atoms with Crippen LogP contribution in [0.3, 0.4) is 0 Å². The van der Waals surface area contributed by atoms with Gasteiger partial charge in [-0.15, -0.1) is 0 Å². The zero-order valence-corrected chi connectivity index (χ0v) is 25.4. The van der Waals surface area contributed by atoms with Gasteiger partial charge in [-0.05, 0) is 58.3 Å². The van der Waals surface area contributed by atoms with Gasteiger partial charge in [0.25, 0.3) is 0 Å². The molecule has 0 aliphatic carbocycles. The maximum Gasteiger partial charge on any atom is 0.159 e. The zero-order chi connectivity index (χ0) is 29.9. The molecule has 1 aliphatic heterocycles. The number of para-hydroxylation sites is 4. The number of aromatic nitrogens is 2. The van der Waals surface area contributed by atoms with Crippen LogP contribution >= 0.6 is 11.8 Å². The van der Waals surface area contributed by atoms with E-state index in [9.17, 15) is 0 Å². The van der Waals surface area contributed by atoms with E-state index in [4.69, 9.17) is 4.42 Å². The van der Waals surface area contributed by atoms with E-state index in [2.05, 4.69) is 149 Å². The third-order valence-corrected chi connectivity index (χ3v) is 10.8. The molecule has 10 aromatic rings. The van der Waals surface area contributed by atoms with Crippen molar-refractivity contribution in [2.45, 2.75) is 9.79 Å². The smallest absolute Gasteiger partial charge is 0.159 e. The summed E-state index contributed by atoms with van der Waals surface area (Å²) < 4.78 is 11.7. The van der Waals surface area contributed by atoms with Crippen molar-refractivity contribution in [2.24, 2.45) is 0 Å². The molecule has 3 nitrogen and oxygen atoms in total. The van der Waals surface area contributed by atoms with Crippen molar-refractivity contribution in [3.05, 3.63) is 146 Å². The highest BCUT2D eigenvalue weighted by molar-refractivity contribution is 7.99. The minimum absolute atomic E-state index is 0.898. The number of hydrogen-bond acceptors (Lipinski definition) is 2. The first-order valence-corrected chi connectivity index (χ1v) is 16.4. The number of fused-ring (bicyclic) bond motifs is 11. The molecule has 0 unspecified atom stereocenters. The van der Waals surface area contributed by atoms with Crippen LogP contribution in [0.1, 0.15) is 0 Å². The Morgan fingerprint density at radius 1 is 0.457 bits per heavy atom. The summed E-state index contributed by atoms with van der Waals surface area (Å²) in [5.41, 5.74) is 10.1. The highest BCUT2D eigenvalue weighted by Crippen LogP contribution is 2.51. The van der Waals surface area contributed by atoms with Gasteiger partial charge >= 0.3 is 0 Å². The molecule has 0 bridgehead atoms. The maximum absolute atomic E-state index is 6.70. The van der Waals surface area contributed by atoms with E-state index in [0.717, 1.165) is 38.8 Å². The fourth-order valence-corrected chi connectivity index (χ4v) is 8.95. The Balaban J connectivity index is 1.40. The molecular formula is C42H24N2OS. The average molecular weight is 605 g/mol. The van der Waals surface area contributed by atoms with E-state index in [0.29, 0.717) is 0 Å². The third kappa shape index (κ3) is 3.09. The number of rotatable bonds is 2. The Hall–Kier alpha value is -5.71. The van der Waals surface area contributed by atoms with E-state index in [-0.39, 0.29) is 0 Å². The maximum atomic E-state index is 6.70. The number of hydrogen-bond donors (Lipinski definition) is 0. The molecule has 0 saturated heterocycles. The van der Waals surface area contributed by atoms with Crippen molar-refractivity contribution in [3.63, 3.8) is 0 Å². The Bertz CT molecular complexity index is 2900. The molecule has 11 rings (SSSR count). The van der Waals surface area contributed by atoms with Gasteiger partial charge in [0.2, 0.25) is 0 Å². The Morgan fingerprint density at radius 3 is 2.11 bits per heavy atom. The van der Waals surface area contributed by atoms with Crippen LogP contribution in [0.25, 0.3) is 88.1 Å². The standard InChI is InChI=1S/C42H24N2OS/c1-2-13-26-25(11-1)12-7-15-27(26)29-16-8-20-33-38(29)39-31-18-10-24-37-40(31)44(32-19-4-6-23-36(32)46-37)42(39)43(33)34-21-9-17-30-28-14-3-5-22-35(28)45-41(30)34/h1-24H. The van der Waals surface area contributed by atoms with Crippen LogP contribution in [0.15, 0.2) is 160 Å². The van der Waals surface area contributed by atoms with Gasteiger partial charge in [0.1, 0.15) is 11.2 Å². The normalized spacial score (nSPS) is 12.7. The molecule has 0 N–H and O–H groups in total. The van der Waals surface area contributed by atoms with Crippen molar-refractivity contribution in [2.75, 3.05) is 0 Å². The van der Waals surface area contributed by atoms with Gasteiger partial charge in [0.15, 0.2) is 5.58 Å². The fraction of sp³-hybridized carbons (Fsp3) is 0. The summed E-state index contributed by atoms with van der Waals surface area (Å²) >= 11 is 1.86. The zero-order valence-electron chi connectivity index (χ0n) is 24.6. The lowest BCUT2D eigenvalue weighted by molar-refractivity contribution is 0.666. The van der Waals surface area contributed by atoms with E-state index in [1.54, 1.807) is 0 Å². The lowest BCUT2D eigenvalue weighted by atomic mass is 9.94. The number of nitrogens with zero attached hydrogens (tertiary/aromatic N) is 2. The second-order valence-electron chi connectivity index (χ2n) is 12.1. The summed E-state index contributed by atoms with van der Waals surface area (Å²) in [5.74, 6) is 0. The van der Waals surface area contributed by atoms with Gasteiger partial charge in [0.05, 0.1) is 22.4 Å². The highest BCUT2D eigenvalue weighted by atomic mass is 32.2. The summed E-state index contributed by atoms with van der Waals surface area (Å²) in [6.07, 6.45) is 0. The SMILES string of the molecule is c1ccc2c(c1)Sc1cccc3c4c5c(-c6cccc7ccccc67)cccc5n(-c5cccc6c5oc5ccccc56)c4n-2c13. The third-order valence-electron chi connectivity index (χ3n) is 9.70. The first-order valence-electron chi connectivity index (χ1n) is 15.6. The molecular weight excluding hydrogens is 581 g/mol. The highest BCUT2D eigenvalue weighted by Gasteiger charge is 2.30. The topological polar surface area (TPSA) is 23.0 Å². The van der Waals surface area contributed by atoms with Crippen molar-refractivity contribution < 1.29 is 4.42 Å². The van der Waals surface area contributed by atoms with Crippen LogP contribution in [0, 0.1) is 0 Å². The van der Waals surface area contributed by atoms with Crippen molar-refractivity contribution in [1.29, 1.82) is 0 Å². The monoisotopic (exact) mass is 604 g/mol. The van der Waals surface area contributed by atoms with Gasteiger partial charge in [-0.1, -0.05) is 121 Å². The average Bonchev–Trinajstić information content (AvgIpc) is 3.77. The van der Waals surface area contributed by atoms with Crippen LogP contribution in [-0.2, 0) is 0 Å². The van der Waals surface area contributed by atoms with Crippen LogP contribution in [0.4, 0.5) is 0 Å². The Kier molecular flexibility index (Phi) is 4.78. The van der Waals surface area contributed by atoms with Crippen LogP contribution < -0.4 is 0 Å². The molecule has 0 atom stereocenters. The van der Waals surface area contributed by atoms with Gasteiger partial charge in [0, 0.05) is 36.7 Å². The van der Waals surface area contributed by atoms with Crippen LogP contribution in [0.5, 0.6) is 0 Å². The van der Waals surface area contributed by atoms with Crippen LogP contribution in [0.2, 0.25) is 0 Å². The van der Waals surface area contributed by atoms with Gasteiger partial charge in [-0.2, -0.15) is 0 Å². The van der Waals surface area contributed by atoms with Gasteiger partial charge in [-0.3, -0.25) is 9.13 Å². The van der Waals surface area contributed by atoms with Crippen molar-refractivity contribution in [1.82, 2.24) is 9.13 Å². The van der Waals surface area contributed by atoms with Crippen molar-refractivity contribution in [3.8, 4) is 22.5 Å². The second-order valence-corrected chi connectivity index (χ2v) is 13.2. The summed E-state index contributed by atoms with van der Waals surface area (Å²) in [6.45, 7) is 0. The molecule has 0 radical (unpaired) electrons. The molecule has 4 heterocycles. The first kappa shape index (κ1) is 24.6. The molecule has 7 aromatic carbocycles. The number of benzene rings is 7. The van der Waals surface area contributed by atoms with E-state index >= 15 is 0 Å². The summed E-state index contributed by atoms with van der Waals surface area (Å²) in [5, 5.41) is 8.55. The van der Waals surface area contributed by atoms with Gasteiger partial charge < -0.3 is 4.42 Å². The van der Waals surface area contributed by atoms with Gasteiger partial charge in [-0.25, -0.2) is 0 Å². The van der Waals surface area contributed by atoms with Crippen molar-refractivity contribution >= 4 is 77.3 Å². The predicted octanol–water partition coefficient (Wildman–Crippen LogP) is 11.9. The van der Waals surface area contributed by atoms with E-state index in [1.807, 2.05) is 17.8 Å². The Labute approximate surface area is 267 Å². The quantitative estimate of drug-likeness (QED) is 0.196. The molecule has 3 aromatic heterocycles. The minimum atomic E-state index is 0.898. The molecule has 0 saturated carbocycles. The molecule has 1 aliphatic rings. The molecule has 0 amide bonds. The lowest BCUT2D eigenvalue weighted by Crippen LogP contribution is -2.05. The molecule has 214 valence electrons. The Morgan fingerprint density at radius 2 is 1.13 bits per heavy atom. The molecule has 0 fully saturated rings. The lowest BCUT2D eigenvalue weighted by Gasteiger charge is -2.21. The molecule has 0 spiro atoms. The molecule has 4 heteroatoms. The first-order chi connectivity index (χ1) is 22.8. The molecule has 46 heavy (non-hydrogen) atoms. The van der Waals surface area contributed by atoms with Crippen LogP contribution in [-0.4, -0.2) is 9.13 Å². The summed E-state index contributed by atoms with van der Waals surface area (Å²) in [4.78, 5) is 2.53. The predicted molar refractivity (Wildman–Crippen MR) is 192 cm³/mol. The number of furan rings is 1. The van der Waals surface area contributed by atoms with E-state index in [1.165, 1.54) is 59.1 Å². The fourth-order valence-electron chi connectivity index (χ4n) is 7.85. The second kappa shape index (κ2) is 8.94. The largest absolute Gasteiger partial charge is 0.454 e. The minimum Gasteiger partial charge on any atom is -0.454 e. The summed E-state index contributed by atoms with van der Waals surface area (Å²) in [7, 11) is 0. The van der Waals surface area contributed by atoms with E-state index < -0.39 is 0 Å².